The maximum atomic E-state index is 12.7. The van der Waals surface area contributed by atoms with Crippen LogP contribution in [0.1, 0.15) is 82.3 Å². The smallest absolute Gasteiger partial charge is 0.166 e. The molecule has 0 amide bonds. The van der Waals surface area contributed by atoms with Crippen molar-refractivity contribution in [2.75, 3.05) is 0 Å². The fourth-order valence-corrected chi connectivity index (χ4v) is 6.65. The zero-order valence-electron chi connectivity index (χ0n) is 14.4. The van der Waals surface area contributed by atoms with Crippen LogP contribution in [-0.2, 0) is 5.41 Å². The van der Waals surface area contributed by atoms with Crippen molar-refractivity contribution in [1.29, 1.82) is 0 Å². The highest BCUT2D eigenvalue weighted by Crippen LogP contribution is 2.66. The van der Waals surface area contributed by atoms with Crippen LogP contribution in [0.3, 0.4) is 0 Å². The van der Waals surface area contributed by atoms with Gasteiger partial charge in [0, 0.05) is 11.8 Å². The number of hydrogen-bond donors (Lipinski definition) is 0. The van der Waals surface area contributed by atoms with E-state index in [0.29, 0.717) is 23.5 Å². The van der Waals surface area contributed by atoms with Crippen molar-refractivity contribution in [3.05, 3.63) is 23.7 Å². The molecule has 2 saturated carbocycles. The lowest BCUT2D eigenvalue weighted by molar-refractivity contribution is -0.110. The number of furan rings is 1. The monoisotopic (exact) mass is 300 g/mol. The van der Waals surface area contributed by atoms with E-state index in [-0.39, 0.29) is 10.8 Å². The van der Waals surface area contributed by atoms with Crippen LogP contribution in [0.2, 0.25) is 0 Å². The van der Waals surface area contributed by atoms with Crippen LogP contribution < -0.4 is 0 Å². The second-order valence-electron chi connectivity index (χ2n) is 9.20. The Morgan fingerprint density at radius 1 is 1.09 bits per heavy atom. The van der Waals surface area contributed by atoms with Gasteiger partial charge in [-0.25, -0.2) is 0 Å². The maximum absolute atomic E-state index is 12.7. The molecule has 0 radical (unpaired) electrons. The van der Waals surface area contributed by atoms with Crippen LogP contribution in [-0.4, -0.2) is 5.78 Å². The topological polar surface area (TPSA) is 30.2 Å². The maximum Gasteiger partial charge on any atom is 0.166 e. The minimum Gasteiger partial charge on any atom is -0.468 e. The summed E-state index contributed by atoms with van der Waals surface area (Å²) < 4.78 is 5.85. The average molecular weight is 300 g/mol. The van der Waals surface area contributed by atoms with E-state index < -0.39 is 0 Å². The number of rotatable bonds is 0. The first-order chi connectivity index (χ1) is 10.3. The second kappa shape index (κ2) is 4.27. The quantitative estimate of drug-likeness (QED) is 0.645. The third-order valence-electron chi connectivity index (χ3n) is 7.67. The minimum absolute atomic E-state index is 0.0470. The van der Waals surface area contributed by atoms with E-state index >= 15 is 0 Å². The van der Waals surface area contributed by atoms with Crippen molar-refractivity contribution < 1.29 is 9.21 Å². The molecule has 1 heterocycles. The molecule has 3 aliphatic carbocycles. The van der Waals surface area contributed by atoms with E-state index in [1.807, 2.05) is 6.07 Å². The summed E-state index contributed by atoms with van der Waals surface area (Å²) in [7, 11) is 0. The molecule has 120 valence electrons. The number of hydrogen-bond acceptors (Lipinski definition) is 2. The van der Waals surface area contributed by atoms with Gasteiger partial charge in [-0.2, -0.15) is 0 Å². The summed E-state index contributed by atoms with van der Waals surface area (Å²) in [5.41, 5.74) is 1.58. The molecule has 22 heavy (non-hydrogen) atoms. The lowest BCUT2D eigenvalue weighted by Crippen LogP contribution is -2.58. The van der Waals surface area contributed by atoms with Gasteiger partial charge in [-0.05, 0) is 54.4 Å². The molecule has 0 bridgehead atoms. The highest BCUT2D eigenvalue weighted by molar-refractivity contribution is 5.98. The molecular formula is C20H28O2. The average Bonchev–Trinajstić information content (AvgIpc) is 2.91. The van der Waals surface area contributed by atoms with Crippen LogP contribution in [0.25, 0.3) is 0 Å². The van der Waals surface area contributed by atoms with Gasteiger partial charge in [-0.1, -0.05) is 34.1 Å². The summed E-state index contributed by atoms with van der Waals surface area (Å²) >= 11 is 0. The molecular weight excluding hydrogens is 272 g/mol. The van der Waals surface area contributed by atoms with Crippen LogP contribution in [0.15, 0.2) is 16.7 Å². The Morgan fingerprint density at radius 3 is 2.64 bits per heavy atom. The second-order valence-corrected chi connectivity index (χ2v) is 9.20. The normalized spacial score (nSPS) is 43.2. The molecule has 0 aliphatic heterocycles. The fraction of sp³-hybridized carbons (Fsp3) is 0.750. The Hall–Kier alpha value is -1.05. The highest BCUT2D eigenvalue weighted by atomic mass is 16.3. The van der Waals surface area contributed by atoms with E-state index in [1.165, 1.54) is 25.7 Å². The molecule has 0 N–H and O–H groups in total. The molecule has 1 aromatic rings. The molecule has 2 fully saturated rings. The molecule has 4 unspecified atom stereocenters. The zero-order chi connectivity index (χ0) is 15.8. The van der Waals surface area contributed by atoms with Crippen LogP contribution in [0.5, 0.6) is 0 Å². The predicted octanol–water partition coefficient (Wildman–Crippen LogP) is 5.37. The van der Waals surface area contributed by atoms with E-state index in [0.717, 1.165) is 23.7 Å². The molecule has 0 saturated heterocycles. The van der Waals surface area contributed by atoms with Gasteiger partial charge in [0.05, 0.1) is 11.8 Å². The Kier molecular flexibility index (Phi) is 2.82. The van der Waals surface area contributed by atoms with Crippen LogP contribution >= 0.6 is 0 Å². The SMILES string of the molecule is CC1(C)CCCC2(C)C1CCC1(C)c3occc3C(=O)CC12. The van der Waals surface area contributed by atoms with Crippen molar-refractivity contribution in [1.82, 2.24) is 0 Å². The Morgan fingerprint density at radius 2 is 1.86 bits per heavy atom. The number of carbonyl (C=O) groups excluding carboxylic acids is 1. The molecule has 2 heteroatoms. The van der Waals surface area contributed by atoms with E-state index in [9.17, 15) is 4.79 Å². The molecule has 3 aliphatic rings. The summed E-state index contributed by atoms with van der Waals surface area (Å²) in [4.78, 5) is 12.7. The zero-order valence-corrected chi connectivity index (χ0v) is 14.4. The van der Waals surface area contributed by atoms with Crippen molar-refractivity contribution in [3.8, 4) is 0 Å². The largest absolute Gasteiger partial charge is 0.468 e. The van der Waals surface area contributed by atoms with Gasteiger partial charge >= 0.3 is 0 Å². The third-order valence-corrected chi connectivity index (χ3v) is 7.67. The van der Waals surface area contributed by atoms with Gasteiger partial charge in [0.2, 0.25) is 0 Å². The lowest BCUT2D eigenvalue weighted by atomic mass is 9.41. The summed E-state index contributed by atoms with van der Waals surface area (Å²) in [6.07, 6.45) is 8.76. The highest BCUT2D eigenvalue weighted by Gasteiger charge is 2.61. The van der Waals surface area contributed by atoms with Crippen molar-refractivity contribution >= 4 is 5.78 Å². The van der Waals surface area contributed by atoms with Crippen molar-refractivity contribution in [3.63, 3.8) is 0 Å². The molecule has 1 aromatic heterocycles. The predicted molar refractivity (Wildman–Crippen MR) is 87.0 cm³/mol. The van der Waals surface area contributed by atoms with Gasteiger partial charge in [0.1, 0.15) is 5.76 Å². The summed E-state index contributed by atoms with van der Waals surface area (Å²) in [6.45, 7) is 9.72. The standard InChI is InChI=1S/C20H28O2/c1-18(2)8-5-9-19(3)15(18)6-10-20(4)16(19)12-14(21)13-7-11-22-17(13)20/h7,11,15-16H,5-6,8-10,12H2,1-4H3. The Balaban J connectivity index is 1.84. The molecule has 2 nitrogen and oxygen atoms in total. The van der Waals surface area contributed by atoms with E-state index in [2.05, 4.69) is 27.7 Å². The minimum atomic E-state index is 0.0470. The van der Waals surface area contributed by atoms with Gasteiger partial charge < -0.3 is 4.42 Å². The fourth-order valence-electron chi connectivity index (χ4n) is 6.65. The van der Waals surface area contributed by atoms with Crippen LogP contribution in [0, 0.1) is 22.7 Å². The number of ketones is 1. The lowest BCUT2D eigenvalue weighted by Gasteiger charge is -2.63. The van der Waals surface area contributed by atoms with Crippen molar-refractivity contribution in [2.24, 2.45) is 22.7 Å². The van der Waals surface area contributed by atoms with Gasteiger partial charge in [-0.15, -0.1) is 0 Å². The third kappa shape index (κ3) is 1.64. The van der Waals surface area contributed by atoms with E-state index in [4.69, 9.17) is 4.42 Å². The molecule has 0 spiro atoms. The van der Waals surface area contributed by atoms with Crippen LogP contribution in [0.4, 0.5) is 0 Å². The van der Waals surface area contributed by atoms with Crippen molar-refractivity contribution in [2.45, 2.75) is 71.6 Å². The Bertz CT molecular complexity index is 625. The molecule has 0 aromatic carbocycles. The Labute approximate surface area is 133 Å². The van der Waals surface area contributed by atoms with Gasteiger partial charge in [0.15, 0.2) is 5.78 Å². The number of Topliss-reactive ketones (excluding diaryl/α,β-unsaturated/α-hetero) is 1. The molecule has 4 rings (SSSR count). The summed E-state index contributed by atoms with van der Waals surface area (Å²) in [6, 6.07) is 1.89. The van der Waals surface area contributed by atoms with Gasteiger partial charge in [-0.3, -0.25) is 4.79 Å². The van der Waals surface area contributed by atoms with Gasteiger partial charge in [0.25, 0.3) is 0 Å². The number of fused-ring (bicyclic) bond motifs is 5. The first-order valence-corrected chi connectivity index (χ1v) is 8.90. The first kappa shape index (κ1) is 14.5. The van der Waals surface area contributed by atoms with E-state index in [1.54, 1.807) is 6.26 Å². The summed E-state index contributed by atoms with van der Waals surface area (Å²) in [5, 5.41) is 0. The number of carbonyl (C=O) groups is 1. The first-order valence-electron chi connectivity index (χ1n) is 8.90. The summed E-state index contributed by atoms with van der Waals surface area (Å²) in [5.74, 6) is 2.45. The molecule has 4 atom stereocenters.